The smallest absolute Gasteiger partial charge is 0.229 e. The molecule has 2 N–H and O–H groups in total. The summed E-state index contributed by atoms with van der Waals surface area (Å²) in [7, 11) is 0. The minimum Gasteiger partial charge on any atom is -0.339 e. The van der Waals surface area contributed by atoms with Crippen molar-refractivity contribution in [1.82, 2.24) is 9.97 Å². The first-order valence-corrected chi connectivity index (χ1v) is 9.92. The highest BCUT2D eigenvalue weighted by atomic mass is 16.1. The molecule has 1 heterocycles. The average molecular weight is 386 g/mol. The molecule has 0 amide bonds. The zero-order valence-electron chi connectivity index (χ0n) is 17.3. The Balaban J connectivity index is 1.82. The molecule has 29 heavy (non-hydrogen) atoms. The van der Waals surface area contributed by atoms with Gasteiger partial charge >= 0.3 is 0 Å². The van der Waals surface area contributed by atoms with Crippen LogP contribution in [0.2, 0.25) is 0 Å². The molecule has 0 unspecified atom stereocenters. The number of carbonyl (C=O) groups excluding carboxylic acids is 1. The van der Waals surface area contributed by atoms with Crippen LogP contribution in [-0.2, 0) is 6.42 Å². The highest BCUT2D eigenvalue weighted by Gasteiger charge is 2.35. The number of fused-ring (bicyclic) bond motifs is 1. The number of nitrogens with one attached hydrogen (secondary N) is 2. The van der Waals surface area contributed by atoms with Crippen LogP contribution in [0.1, 0.15) is 47.4 Å². The van der Waals surface area contributed by atoms with Crippen LogP contribution in [0.25, 0.3) is 0 Å². The van der Waals surface area contributed by atoms with Crippen molar-refractivity contribution < 1.29 is 4.79 Å². The lowest BCUT2D eigenvalue weighted by atomic mass is 9.75. The van der Waals surface area contributed by atoms with E-state index in [9.17, 15) is 4.79 Å². The summed E-state index contributed by atoms with van der Waals surface area (Å²) in [6, 6.07) is 16.0. The molecule has 0 radical (unpaired) electrons. The summed E-state index contributed by atoms with van der Waals surface area (Å²) in [5, 5.41) is 6.72. The van der Waals surface area contributed by atoms with Gasteiger partial charge in [0.1, 0.15) is 5.82 Å². The number of carbonyl (C=O) groups is 1. The monoisotopic (exact) mass is 386 g/mol. The van der Waals surface area contributed by atoms with Crippen molar-refractivity contribution in [2.24, 2.45) is 5.41 Å². The van der Waals surface area contributed by atoms with Crippen LogP contribution in [-0.4, -0.2) is 15.8 Å². The van der Waals surface area contributed by atoms with Crippen molar-refractivity contribution >= 4 is 28.9 Å². The molecule has 5 heteroatoms. The number of Topliss-reactive ketones (excluding diaryl/α,β-unsaturated/α-hetero) is 1. The van der Waals surface area contributed by atoms with Gasteiger partial charge in [0.2, 0.25) is 5.95 Å². The van der Waals surface area contributed by atoms with Gasteiger partial charge in [-0.2, -0.15) is 4.98 Å². The van der Waals surface area contributed by atoms with E-state index in [-0.39, 0.29) is 11.2 Å². The fraction of sp³-hybridized carbons (Fsp3) is 0.292. The van der Waals surface area contributed by atoms with Crippen molar-refractivity contribution in [3.05, 3.63) is 70.9 Å². The second-order valence-corrected chi connectivity index (χ2v) is 8.54. The van der Waals surface area contributed by atoms with Gasteiger partial charge in [0, 0.05) is 17.8 Å². The molecule has 4 rings (SSSR count). The lowest BCUT2D eigenvalue weighted by molar-refractivity contribution is 0.0911. The van der Waals surface area contributed by atoms with Crippen LogP contribution in [0.15, 0.2) is 48.5 Å². The summed E-state index contributed by atoms with van der Waals surface area (Å²) in [5.41, 5.74) is 5.41. The van der Waals surface area contributed by atoms with Crippen molar-refractivity contribution in [3.8, 4) is 0 Å². The molecule has 1 aromatic heterocycles. The Bertz CT molecular complexity index is 1050. The van der Waals surface area contributed by atoms with Gasteiger partial charge in [-0.05, 0) is 48.9 Å². The molecular formula is C24H26N4O. The third kappa shape index (κ3) is 3.99. The highest BCUT2D eigenvalue weighted by molar-refractivity contribution is 6.03. The number of benzene rings is 2. The molecule has 0 aliphatic heterocycles. The summed E-state index contributed by atoms with van der Waals surface area (Å²) < 4.78 is 0. The van der Waals surface area contributed by atoms with E-state index >= 15 is 0 Å². The van der Waals surface area contributed by atoms with Gasteiger partial charge < -0.3 is 10.6 Å². The number of anilines is 4. The van der Waals surface area contributed by atoms with Gasteiger partial charge in [-0.1, -0.05) is 50.2 Å². The van der Waals surface area contributed by atoms with Gasteiger partial charge in [0.25, 0.3) is 0 Å². The first kappa shape index (κ1) is 19.1. The molecule has 1 aliphatic carbocycles. The summed E-state index contributed by atoms with van der Waals surface area (Å²) in [4.78, 5) is 22.4. The van der Waals surface area contributed by atoms with Crippen molar-refractivity contribution in [1.29, 1.82) is 0 Å². The molecule has 1 aliphatic rings. The minimum absolute atomic E-state index is 0.0937. The maximum absolute atomic E-state index is 13.0. The van der Waals surface area contributed by atoms with Gasteiger partial charge in [-0.3, -0.25) is 4.79 Å². The number of aromatic nitrogens is 2. The normalized spacial score (nSPS) is 15.0. The molecular weight excluding hydrogens is 360 g/mol. The summed E-state index contributed by atoms with van der Waals surface area (Å²) in [5.74, 6) is 1.16. The summed E-state index contributed by atoms with van der Waals surface area (Å²) in [6.45, 7) is 8.33. The zero-order chi connectivity index (χ0) is 20.6. The molecule has 2 aromatic carbocycles. The third-order valence-corrected chi connectivity index (χ3v) is 5.30. The van der Waals surface area contributed by atoms with E-state index in [4.69, 9.17) is 9.97 Å². The average Bonchev–Trinajstić information content (AvgIpc) is 2.64. The van der Waals surface area contributed by atoms with Crippen LogP contribution in [0.4, 0.5) is 23.1 Å². The Kier molecular flexibility index (Phi) is 4.82. The molecule has 0 saturated heterocycles. The molecule has 0 spiro atoms. The van der Waals surface area contributed by atoms with Gasteiger partial charge in [0.05, 0.1) is 11.3 Å². The van der Waals surface area contributed by atoms with E-state index in [1.54, 1.807) is 0 Å². The van der Waals surface area contributed by atoms with Crippen molar-refractivity contribution in [2.75, 3.05) is 10.6 Å². The van der Waals surface area contributed by atoms with E-state index in [2.05, 4.69) is 50.5 Å². The fourth-order valence-corrected chi connectivity index (χ4v) is 3.89. The molecule has 148 valence electrons. The largest absolute Gasteiger partial charge is 0.339 e. The number of hydrogen-bond acceptors (Lipinski definition) is 5. The SMILES string of the molecule is Cc1cccc(C)c1Nc1nc(Nc2ccccc2)nc2c1C(=O)CC(C)(C)C2. The summed E-state index contributed by atoms with van der Waals surface area (Å²) >= 11 is 0. The second-order valence-electron chi connectivity index (χ2n) is 8.54. The quantitative estimate of drug-likeness (QED) is 0.599. The lowest BCUT2D eigenvalue weighted by Crippen LogP contribution is -2.29. The number of nitrogens with zero attached hydrogens (tertiary/aromatic N) is 2. The van der Waals surface area contributed by atoms with Crippen LogP contribution in [0.3, 0.4) is 0 Å². The number of para-hydroxylation sites is 2. The zero-order valence-corrected chi connectivity index (χ0v) is 17.3. The summed E-state index contributed by atoms with van der Waals surface area (Å²) in [6.07, 6.45) is 1.23. The third-order valence-electron chi connectivity index (χ3n) is 5.30. The number of hydrogen-bond donors (Lipinski definition) is 2. The molecule has 0 bridgehead atoms. The number of rotatable bonds is 4. The molecule has 5 nitrogen and oxygen atoms in total. The fourth-order valence-electron chi connectivity index (χ4n) is 3.89. The first-order valence-electron chi connectivity index (χ1n) is 9.92. The van der Waals surface area contributed by atoms with Gasteiger partial charge in [0.15, 0.2) is 5.78 Å². The highest BCUT2D eigenvalue weighted by Crippen LogP contribution is 2.38. The lowest BCUT2D eigenvalue weighted by Gasteiger charge is -2.30. The van der Waals surface area contributed by atoms with E-state index in [1.807, 2.05) is 36.4 Å². The Morgan fingerprint density at radius 1 is 0.862 bits per heavy atom. The Morgan fingerprint density at radius 2 is 1.55 bits per heavy atom. The molecule has 0 saturated carbocycles. The van der Waals surface area contributed by atoms with Crippen LogP contribution >= 0.6 is 0 Å². The van der Waals surface area contributed by atoms with Crippen LogP contribution < -0.4 is 10.6 Å². The molecule has 0 fully saturated rings. The van der Waals surface area contributed by atoms with Crippen molar-refractivity contribution in [2.45, 2.75) is 40.5 Å². The second kappa shape index (κ2) is 7.32. The van der Waals surface area contributed by atoms with Crippen LogP contribution in [0.5, 0.6) is 0 Å². The Hall–Kier alpha value is -3.21. The Labute approximate surface area is 171 Å². The van der Waals surface area contributed by atoms with Crippen molar-refractivity contribution in [3.63, 3.8) is 0 Å². The maximum Gasteiger partial charge on any atom is 0.229 e. The van der Waals surface area contributed by atoms with Gasteiger partial charge in [-0.25, -0.2) is 4.98 Å². The topological polar surface area (TPSA) is 66.9 Å². The standard InChI is InChI=1S/C24H26N4O/c1-15-9-8-10-16(2)21(15)27-22-20-18(13-24(3,4)14-19(20)29)26-23(28-22)25-17-11-6-5-7-12-17/h5-12H,13-14H2,1-4H3,(H2,25,26,27,28). The first-order chi connectivity index (χ1) is 13.8. The minimum atomic E-state index is -0.113. The molecule has 0 atom stereocenters. The molecule has 3 aromatic rings. The van der Waals surface area contributed by atoms with E-state index in [1.165, 1.54) is 0 Å². The number of ketones is 1. The Morgan fingerprint density at radius 3 is 2.24 bits per heavy atom. The van der Waals surface area contributed by atoms with Gasteiger partial charge in [-0.15, -0.1) is 0 Å². The predicted molar refractivity (Wildman–Crippen MR) is 117 cm³/mol. The van der Waals surface area contributed by atoms with E-state index < -0.39 is 0 Å². The van der Waals surface area contributed by atoms with Crippen LogP contribution in [0, 0.1) is 19.3 Å². The predicted octanol–water partition coefficient (Wildman–Crippen LogP) is 5.74. The van der Waals surface area contributed by atoms with E-state index in [0.29, 0.717) is 23.8 Å². The maximum atomic E-state index is 13.0. The van der Waals surface area contributed by atoms with E-state index in [0.717, 1.165) is 34.6 Å². The number of aryl methyl sites for hydroxylation is 2.